The lowest BCUT2D eigenvalue weighted by atomic mass is 9.96. The van der Waals surface area contributed by atoms with Gasteiger partial charge in [-0.1, -0.05) is 24.6 Å². The lowest BCUT2D eigenvalue weighted by molar-refractivity contribution is 0.0249. The summed E-state index contributed by atoms with van der Waals surface area (Å²) >= 11 is 0. The van der Waals surface area contributed by atoms with Crippen LogP contribution in [-0.4, -0.2) is 25.9 Å². The Morgan fingerprint density at radius 1 is 1.05 bits per heavy atom. The first-order chi connectivity index (χ1) is 9.43. The third-order valence-corrected chi connectivity index (χ3v) is 4.07. The number of piperidine rings is 1. The van der Waals surface area contributed by atoms with Crippen molar-refractivity contribution in [1.29, 1.82) is 0 Å². The van der Waals surface area contributed by atoms with Gasteiger partial charge in [0.15, 0.2) is 0 Å². The average molecular weight is 261 g/mol. The molecule has 0 saturated carbocycles. The summed E-state index contributed by atoms with van der Waals surface area (Å²) in [5.74, 6) is 1.06. The van der Waals surface area contributed by atoms with Crippen molar-refractivity contribution in [2.45, 2.75) is 44.2 Å². The van der Waals surface area contributed by atoms with Crippen LogP contribution >= 0.6 is 0 Å². The molecule has 0 aliphatic carbocycles. The van der Waals surface area contributed by atoms with Crippen LogP contribution in [0.4, 0.5) is 0 Å². The minimum absolute atomic E-state index is 0.318. The van der Waals surface area contributed by atoms with E-state index >= 15 is 0 Å². The molecule has 1 atom stereocenters. The largest absolute Gasteiger partial charge is 0.490 e. The van der Waals surface area contributed by atoms with Crippen LogP contribution in [0.5, 0.6) is 5.75 Å². The van der Waals surface area contributed by atoms with Gasteiger partial charge in [-0.3, -0.25) is 0 Å². The number of rotatable bonds is 3. The second-order valence-corrected chi connectivity index (χ2v) is 5.47. The van der Waals surface area contributed by atoms with E-state index in [2.05, 4.69) is 29.6 Å². The van der Waals surface area contributed by atoms with Crippen LogP contribution in [0.2, 0.25) is 0 Å². The van der Waals surface area contributed by atoms with Gasteiger partial charge in [0.25, 0.3) is 0 Å². The van der Waals surface area contributed by atoms with Crippen molar-refractivity contribution < 1.29 is 9.47 Å². The van der Waals surface area contributed by atoms with Crippen molar-refractivity contribution in [2.24, 2.45) is 0 Å². The summed E-state index contributed by atoms with van der Waals surface area (Å²) in [6, 6.07) is 8.96. The van der Waals surface area contributed by atoms with Gasteiger partial charge in [0.1, 0.15) is 11.9 Å². The molecule has 2 saturated heterocycles. The van der Waals surface area contributed by atoms with Gasteiger partial charge >= 0.3 is 0 Å². The molecule has 104 valence electrons. The highest BCUT2D eigenvalue weighted by atomic mass is 16.5. The van der Waals surface area contributed by atoms with Gasteiger partial charge < -0.3 is 14.8 Å². The van der Waals surface area contributed by atoms with Crippen molar-refractivity contribution in [3.05, 3.63) is 29.8 Å². The molecule has 1 aromatic rings. The van der Waals surface area contributed by atoms with Gasteiger partial charge in [-0.25, -0.2) is 0 Å². The molecular weight excluding hydrogens is 238 g/mol. The van der Waals surface area contributed by atoms with Crippen molar-refractivity contribution in [3.8, 4) is 5.75 Å². The van der Waals surface area contributed by atoms with Crippen LogP contribution in [0.3, 0.4) is 0 Å². The molecule has 0 bridgehead atoms. The summed E-state index contributed by atoms with van der Waals surface area (Å²) in [5.41, 5.74) is 1.33. The van der Waals surface area contributed by atoms with E-state index in [9.17, 15) is 0 Å². The van der Waals surface area contributed by atoms with Gasteiger partial charge in [-0.15, -0.1) is 0 Å². The Kier molecular flexibility index (Phi) is 4.36. The van der Waals surface area contributed by atoms with E-state index < -0.39 is 0 Å². The molecule has 0 aromatic heterocycles. The molecule has 2 fully saturated rings. The Labute approximate surface area is 115 Å². The zero-order valence-corrected chi connectivity index (χ0v) is 11.4. The fraction of sp³-hybridized carbons (Fsp3) is 0.625. The maximum Gasteiger partial charge on any atom is 0.124 e. The second kappa shape index (κ2) is 6.40. The van der Waals surface area contributed by atoms with Crippen molar-refractivity contribution >= 4 is 0 Å². The summed E-state index contributed by atoms with van der Waals surface area (Å²) in [6.45, 7) is 2.78. The molecule has 19 heavy (non-hydrogen) atoms. The van der Waals surface area contributed by atoms with Crippen molar-refractivity contribution in [3.63, 3.8) is 0 Å². The van der Waals surface area contributed by atoms with E-state index in [1.54, 1.807) is 0 Å². The lowest BCUT2D eigenvalue weighted by Gasteiger charge is -2.28. The normalized spacial score (nSPS) is 25.2. The summed E-state index contributed by atoms with van der Waals surface area (Å²) in [4.78, 5) is 0. The maximum atomic E-state index is 6.22. The molecule has 1 aromatic carbocycles. The average Bonchev–Trinajstić information content (AvgIpc) is 2.50. The Hall–Kier alpha value is -1.06. The molecule has 0 spiro atoms. The fourth-order valence-electron chi connectivity index (χ4n) is 2.97. The zero-order chi connectivity index (χ0) is 12.9. The lowest BCUT2D eigenvalue weighted by Crippen LogP contribution is -2.29. The van der Waals surface area contributed by atoms with E-state index in [0.29, 0.717) is 12.1 Å². The second-order valence-electron chi connectivity index (χ2n) is 5.47. The molecule has 0 amide bonds. The number of benzene rings is 1. The summed E-state index contributed by atoms with van der Waals surface area (Å²) < 4.78 is 11.6. The SMILES string of the molecule is c1ccc(C2CCCCN2)c(OC2CCOCC2)c1. The highest BCUT2D eigenvalue weighted by Crippen LogP contribution is 2.31. The molecule has 3 nitrogen and oxygen atoms in total. The fourth-order valence-corrected chi connectivity index (χ4v) is 2.97. The monoisotopic (exact) mass is 261 g/mol. The third kappa shape index (κ3) is 3.28. The quantitative estimate of drug-likeness (QED) is 0.907. The number of hydrogen-bond acceptors (Lipinski definition) is 3. The van der Waals surface area contributed by atoms with Crippen LogP contribution in [0.15, 0.2) is 24.3 Å². The first-order valence-electron chi connectivity index (χ1n) is 7.50. The van der Waals surface area contributed by atoms with E-state index in [0.717, 1.165) is 38.3 Å². The Bertz CT molecular complexity index is 395. The maximum absolute atomic E-state index is 6.22. The zero-order valence-electron chi connectivity index (χ0n) is 11.4. The Balaban J connectivity index is 1.72. The van der Waals surface area contributed by atoms with Crippen LogP contribution < -0.4 is 10.1 Å². The van der Waals surface area contributed by atoms with E-state index in [1.165, 1.54) is 24.8 Å². The van der Waals surface area contributed by atoms with E-state index in [-0.39, 0.29) is 0 Å². The first kappa shape index (κ1) is 12.9. The third-order valence-electron chi connectivity index (χ3n) is 4.07. The number of hydrogen-bond donors (Lipinski definition) is 1. The summed E-state index contributed by atoms with van der Waals surface area (Å²) in [5, 5.41) is 3.61. The standard InChI is InChI=1S/C16H23NO2/c1-2-7-16(19-13-8-11-18-12-9-13)14(5-1)15-6-3-4-10-17-15/h1-2,5,7,13,15,17H,3-4,6,8-12H2. The van der Waals surface area contributed by atoms with Crippen LogP contribution in [-0.2, 0) is 4.74 Å². The van der Waals surface area contributed by atoms with Gasteiger partial charge in [-0.2, -0.15) is 0 Å². The summed E-state index contributed by atoms with van der Waals surface area (Å²) in [6.07, 6.45) is 6.15. The molecule has 2 heterocycles. The molecule has 3 heteroatoms. The Morgan fingerprint density at radius 3 is 2.68 bits per heavy atom. The summed E-state index contributed by atoms with van der Waals surface area (Å²) in [7, 11) is 0. The molecule has 2 aliphatic heterocycles. The number of para-hydroxylation sites is 1. The minimum atomic E-state index is 0.318. The smallest absolute Gasteiger partial charge is 0.124 e. The molecule has 1 N–H and O–H groups in total. The molecule has 0 radical (unpaired) electrons. The van der Waals surface area contributed by atoms with Crippen molar-refractivity contribution in [1.82, 2.24) is 5.32 Å². The van der Waals surface area contributed by atoms with Crippen LogP contribution in [0.1, 0.15) is 43.7 Å². The van der Waals surface area contributed by atoms with Gasteiger partial charge in [0.2, 0.25) is 0 Å². The van der Waals surface area contributed by atoms with Crippen LogP contribution in [0.25, 0.3) is 0 Å². The molecule has 3 rings (SSSR count). The molecule has 1 unspecified atom stereocenters. The molecule has 2 aliphatic rings. The number of nitrogens with one attached hydrogen (secondary N) is 1. The predicted molar refractivity (Wildman–Crippen MR) is 75.5 cm³/mol. The Morgan fingerprint density at radius 2 is 1.89 bits per heavy atom. The van der Waals surface area contributed by atoms with E-state index in [4.69, 9.17) is 9.47 Å². The van der Waals surface area contributed by atoms with Gasteiger partial charge in [-0.05, 0) is 25.5 Å². The van der Waals surface area contributed by atoms with Crippen molar-refractivity contribution in [2.75, 3.05) is 19.8 Å². The van der Waals surface area contributed by atoms with Gasteiger partial charge in [0.05, 0.1) is 13.2 Å². The van der Waals surface area contributed by atoms with E-state index in [1.807, 2.05) is 0 Å². The number of ether oxygens (including phenoxy) is 2. The molecular formula is C16H23NO2. The minimum Gasteiger partial charge on any atom is -0.490 e. The van der Waals surface area contributed by atoms with Gasteiger partial charge in [0, 0.05) is 24.4 Å². The van der Waals surface area contributed by atoms with Crippen LogP contribution in [0, 0.1) is 0 Å². The topological polar surface area (TPSA) is 30.5 Å². The predicted octanol–water partition coefficient (Wildman–Crippen LogP) is 3.06. The highest BCUT2D eigenvalue weighted by Gasteiger charge is 2.21. The first-order valence-corrected chi connectivity index (χ1v) is 7.50. The highest BCUT2D eigenvalue weighted by molar-refractivity contribution is 5.36.